The predicted molar refractivity (Wildman–Crippen MR) is 150 cm³/mol. The zero-order chi connectivity index (χ0) is 28.6. The number of carbonyl (C=O) groups is 2. The quantitative estimate of drug-likeness (QED) is 0.172. The molecule has 1 heterocycles. The first kappa shape index (κ1) is 34.8. The van der Waals surface area contributed by atoms with E-state index >= 15 is 0 Å². The number of amides is 2. The molecule has 1 aliphatic rings. The minimum Gasteiger partial charge on any atom is -0.443 e. The van der Waals surface area contributed by atoms with Gasteiger partial charge < -0.3 is 23.7 Å². The summed E-state index contributed by atoms with van der Waals surface area (Å²) in [5.74, 6) is -0.452. The van der Waals surface area contributed by atoms with Crippen molar-refractivity contribution in [3.05, 3.63) is 0 Å². The molecule has 1 fully saturated rings. The lowest BCUT2D eigenvalue weighted by Gasteiger charge is -2.47. The Morgan fingerprint density at radius 3 is 1.71 bits per heavy atom. The average Bonchev–Trinajstić information content (AvgIpc) is 2.83. The topological polar surface area (TPSA) is 83.5 Å². The molecule has 0 N–H and O–H groups in total. The van der Waals surface area contributed by atoms with Crippen LogP contribution in [0.15, 0.2) is 0 Å². The summed E-state index contributed by atoms with van der Waals surface area (Å²) in [5, 5.41) is 0. The summed E-state index contributed by atoms with van der Waals surface area (Å²) in [4.78, 5) is 27.2. The van der Waals surface area contributed by atoms with Crippen LogP contribution in [-0.2, 0) is 28.5 Å². The minimum atomic E-state index is -0.857. The maximum Gasteiger partial charge on any atom is 0.417 e. The lowest BCUT2D eigenvalue weighted by atomic mass is 9.95. The predicted octanol–water partition coefficient (Wildman–Crippen LogP) is 7.02. The highest BCUT2D eigenvalue weighted by molar-refractivity contribution is 5.91. The molecular formula is C30H57NO7. The molecule has 8 heteroatoms. The van der Waals surface area contributed by atoms with E-state index in [1.165, 1.54) is 65.4 Å². The number of hydrogen-bond donors (Lipinski definition) is 0. The number of nitrogens with zero attached hydrogens (tertiary/aromatic N) is 1. The molecule has 2 amide bonds. The molecule has 0 aliphatic carbocycles. The molecule has 1 saturated heterocycles. The third kappa shape index (κ3) is 12.8. The van der Waals surface area contributed by atoms with E-state index in [1.807, 2.05) is 6.92 Å². The molecule has 38 heavy (non-hydrogen) atoms. The largest absolute Gasteiger partial charge is 0.443 e. The van der Waals surface area contributed by atoms with Crippen LogP contribution >= 0.6 is 0 Å². The van der Waals surface area contributed by atoms with Gasteiger partial charge in [-0.15, -0.1) is 0 Å². The number of imide groups is 1. The maximum atomic E-state index is 13.2. The van der Waals surface area contributed by atoms with Crippen molar-refractivity contribution in [3.63, 3.8) is 0 Å². The lowest BCUT2D eigenvalue weighted by molar-refractivity contribution is -0.282. The van der Waals surface area contributed by atoms with Crippen molar-refractivity contribution < 1.29 is 33.3 Å². The number of rotatable bonds is 18. The summed E-state index contributed by atoms with van der Waals surface area (Å²) in [6.07, 6.45) is 10.8. The Morgan fingerprint density at radius 2 is 1.26 bits per heavy atom. The van der Waals surface area contributed by atoms with Crippen molar-refractivity contribution >= 4 is 12.0 Å². The van der Waals surface area contributed by atoms with E-state index in [0.29, 0.717) is 13.2 Å². The fraction of sp³-hybridized carbons (Fsp3) is 0.933. The second kappa shape index (κ2) is 19.0. The number of hydrogen-bond acceptors (Lipinski definition) is 7. The maximum absolute atomic E-state index is 13.2. The van der Waals surface area contributed by atoms with E-state index in [4.69, 9.17) is 23.7 Å². The number of carbonyl (C=O) groups excluding carboxylic acids is 2. The second-order valence-corrected chi connectivity index (χ2v) is 11.5. The van der Waals surface area contributed by atoms with E-state index in [1.54, 1.807) is 20.8 Å². The molecule has 1 aliphatic heterocycles. The summed E-state index contributed by atoms with van der Waals surface area (Å²) in [6.45, 7) is 14.1. The van der Waals surface area contributed by atoms with Crippen molar-refractivity contribution in [1.29, 1.82) is 0 Å². The standard InChI is InChI=1S/C30H57NO7/c1-9-11-13-15-16-18-20-22-36-27-25(31(24(4)32)29(33)38-30(5,6)7)28(34-8)37-23(3)26(27)35-21-19-17-14-12-10-2/h23,25-28H,9-22H2,1-8H3. The van der Waals surface area contributed by atoms with Crippen LogP contribution in [-0.4, -0.2) is 73.5 Å². The van der Waals surface area contributed by atoms with Crippen LogP contribution in [0.4, 0.5) is 4.79 Å². The van der Waals surface area contributed by atoms with Gasteiger partial charge in [0.1, 0.15) is 23.9 Å². The number of methoxy groups -OCH3 is 1. The van der Waals surface area contributed by atoms with Gasteiger partial charge in [0.15, 0.2) is 6.29 Å². The van der Waals surface area contributed by atoms with Crippen LogP contribution in [0, 0.1) is 0 Å². The minimum absolute atomic E-state index is 0.335. The normalized spacial score (nSPS) is 23.8. The van der Waals surface area contributed by atoms with Crippen LogP contribution in [0.5, 0.6) is 0 Å². The molecular weight excluding hydrogens is 486 g/mol. The van der Waals surface area contributed by atoms with Crippen LogP contribution < -0.4 is 0 Å². The molecule has 8 nitrogen and oxygen atoms in total. The van der Waals surface area contributed by atoms with Crippen LogP contribution in [0.3, 0.4) is 0 Å². The van der Waals surface area contributed by atoms with Crippen molar-refractivity contribution in [1.82, 2.24) is 4.90 Å². The molecule has 0 aromatic rings. The zero-order valence-electron chi connectivity index (χ0n) is 25.6. The zero-order valence-corrected chi connectivity index (χ0v) is 25.6. The van der Waals surface area contributed by atoms with Crippen LogP contribution in [0.25, 0.3) is 0 Å². The fourth-order valence-electron chi connectivity index (χ4n) is 4.85. The molecule has 5 atom stereocenters. The molecule has 0 aromatic heterocycles. The Bertz CT molecular complexity index is 651. The first-order valence-corrected chi connectivity index (χ1v) is 15.0. The highest BCUT2D eigenvalue weighted by Gasteiger charge is 2.52. The molecule has 224 valence electrons. The molecule has 0 radical (unpaired) electrons. The first-order valence-electron chi connectivity index (χ1n) is 15.0. The monoisotopic (exact) mass is 543 g/mol. The molecule has 0 spiro atoms. The molecule has 0 bridgehead atoms. The molecule has 1 rings (SSSR count). The van der Waals surface area contributed by atoms with Gasteiger partial charge in [-0.1, -0.05) is 78.1 Å². The van der Waals surface area contributed by atoms with Crippen LogP contribution in [0.2, 0.25) is 0 Å². The van der Waals surface area contributed by atoms with Crippen molar-refractivity contribution in [2.75, 3.05) is 20.3 Å². The summed E-state index contributed by atoms with van der Waals surface area (Å²) in [6, 6.07) is -0.835. The molecule has 0 saturated carbocycles. The van der Waals surface area contributed by atoms with E-state index < -0.39 is 42.1 Å². The first-order chi connectivity index (χ1) is 18.1. The molecule has 0 aromatic carbocycles. The van der Waals surface area contributed by atoms with Gasteiger partial charge in [0.25, 0.3) is 0 Å². The van der Waals surface area contributed by atoms with E-state index in [0.717, 1.165) is 30.6 Å². The highest BCUT2D eigenvalue weighted by Crippen LogP contribution is 2.31. The van der Waals surface area contributed by atoms with Gasteiger partial charge in [0.2, 0.25) is 5.91 Å². The van der Waals surface area contributed by atoms with Crippen LogP contribution in [0.1, 0.15) is 126 Å². The number of unbranched alkanes of at least 4 members (excludes halogenated alkanes) is 10. The summed E-state index contributed by atoms with van der Waals surface area (Å²) in [5.41, 5.74) is -0.765. The molecule has 5 unspecified atom stereocenters. The SMILES string of the molecule is CCCCCCCCCOC1C(OCCCCCCC)C(C)OC(OC)C1N(C(C)=O)C(=O)OC(C)(C)C. The number of ether oxygens (including phenoxy) is 5. The van der Waals surface area contributed by atoms with Gasteiger partial charge in [0.05, 0.1) is 6.10 Å². The third-order valence-corrected chi connectivity index (χ3v) is 6.83. The second-order valence-electron chi connectivity index (χ2n) is 11.5. The Kier molecular flexibility index (Phi) is 17.4. The van der Waals surface area contributed by atoms with E-state index in [-0.39, 0.29) is 6.10 Å². The van der Waals surface area contributed by atoms with Crippen molar-refractivity contribution in [2.45, 2.75) is 162 Å². The van der Waals surface area contributed by atoms with Crippen molar-refractivity contribution in [2.24, 2.45) is 0 Å². The van der Waals surface area contributed by atoms with Gasteiger partial charge in [-0.2, -0.15) is 0 Å². The average molecular weight is 544 g/mol. The van der Waals surface area contributed by atoms with Gasteiger partial charge in [-0.25, -0.2) is 9.69 Å². The van der Waals surface area contributed by atoms with Gasteiger partial charge in [-0.05, 0) is 40.5 Å². The summed E-state index contributed by atoms with van der Waals surface area (Å²) in [7, 11) is 1.51. The van der Waals surface area contributed by atoms with Gasteiger partial charge >= 0.3 is 6.09 Å². The van der Waals surface area contributed by atoms with E-state index in [2.05, 4.69) is 13.8 Å². The van der Waals surface area contributed by atoms with Gasteiger partial charge in [0, 0.05) is 27.2 Å². The van der Waals surface area contributed by atoms with Crippen molar-refractivity contribution in [3.8, 4) is 0 Å². The Labute approximate surface area is 232 Å². The van der Waals surface area contributed by atoms with Gasteiger partial charge in [-0.3, -0.25) is 4.79 Å². The highest BCUT2D eigenvalue weighted by atomic mass is 16.7. The summed E-state index contributed by atoms with van der Waals surface area (Å²) >= 11 is 0. The third-order valence-electron chi connectivity index (χ3n) is 6.83. The Balaban J connectivity index is 3.07. The summed E-state index contributed by atoms with van der Waals surface area (Å²) < 4.78 is 30.2. The Hall–Kier alpha value is -1.22. The van der Waals surface area contributed by atoms with E-state index in [9.17, 15) is 9.59 Å². The Morgan fingerprint density at radius 1 is 0.789 bits per heavy atom. The smallest absolute Gasteiger partial charge is 0.417 e. The lowest BCUT2D eigenvalue weighted by Crippen LogP contribution is -2.67. The fourth-order valence-corrected chi connectivity index (χ4v) is 4.85.